The van der Waals surface area contributed by atoms with Gasteiger partial charge in [0.05, 0.1) is 0 Å². The Morgan fingerprint density at radius 2 is 1.85 bits per heavy atom. The molecule has 0 saturated carbocycles. The molecule has 0 atom stereocenters. The fraction of sp³-hybridized carbons (Fsp3) is 0.125. The lowest BCUT2D eigenvalue weighted by atomic mass is 10.3. The molecule has 1 N–H and O–H groups in total. The van der Waals surface area contributed by atoms with Crippen molar-refractivity contribution in [3.05, 3.63) is 24.3 Å². The van der Waals surface area contributed by atoms with Crippen LogP contribution in [0.2, 0.25) is 0 Å². The molecule has 0 aliphatic carbocycles. The molecular formula is C8H5I2O3. The van der Waals surface area contributed by atoms with Gasteiger partial charge in [0.1, 0.15) is 11.5 Å². The van der Waals surface area contributed by atoms with E-state index in [9.17, 15) is 4.79 Å². The van der Waals surface area contributed by atoms with Crippen molar-refractivity contribution in [3.8, 4) is 11.5 Å². The third kappa shape index (κ3) is 3.67. The van der Waals surface area contributed by atoms with E-state index < -0.39 is 1.61 Å². The van der Waals surface area contributed by atoms with Crippen LogP contribution in [0, 0.1) is 0 Å². The van der Waals surface area contributed by atoms with E-state index in [1.54, 1.807) is 18.4 Å². The molecule has 0 unspecified atom stereocenters. The van der Waals surface area contributed by atoms with Crippen LogP contribution < -0.4 is 4.74 Å². The predicted octanol–water partition coefficient (Wildman–Crippen LogP) is 2.40. The molecule has 0 bridgehead atoms. The SMILES string of the molecule is O=[C]C(I)(I)Oc1ccc(O)cc1. The lowest BCUT2D eigenvalue weighted by Crippen LogP contribution is -2.21. The molecule has 0 heterocycles. The number of aromatic hydroxyl groups is 1. The van der Waals surface area contributed by atoms with Gasteiger partial charge in [0, 0.05) is 0 Å². The Balaban J connectivity index is 2.75. The largest absolute Gasteiger partial charge is 0.508 e. The Labute approximate surface area is 103 Å². The second kappa shape index (κ2) is 4.45. The fourth-order valence-corrected chi connectivity index (χ4v) is 1.19. The van der Waals surface area contributed by atoms with E-state index in [2.05, 4.69) is 0 Å². The molecule has 69 valence electrons. The van der Waals surface area contributed by atoms with Gasteiger partial charge in [0.15, 0.2) is 0 Å². The van der Waals surface area contributed by atoms with E-state index in [0.717, 1.165) is 0 Å². The summed E-state index contributed by atoms with van der Waals surface area (Å²) in [6, 6.07) is 6.14. The van der Waals surface area contributed by atoms with E-state index in [0.29, 0.717) is 5.75 Å². The Hall–Kier alpha value is -0.0500. The van der Waals surface area contributed by atoms with Crippen LogP contribution in [-0.2, 0) is 4.79 Å². The van der Waals surface area contributed by atoms with Gasteiger partial charge < -0.3 is 9.84 Å². The van der Waals surface area contributed by atoms with Crippen molar-refractivity contribution < 1.29 is 14.6 Å². The number of halogens is 2. The van der Waals surface area contributed by atoms with Crippen LogP contribution in [-0.4, -0.2) is 13.0 Å². The zero-order valence-electron chi connectivity index (χ0n) is 6.33. The first-order chi connectivity index (χ1) is 6.03. The number of rotatable bonds is 3. The molecule has 0 fully saturated rings. The maximum absolute atomic E-state index is 10.4. The molecular weight excluding hydrogens is 398 g/mol. The molecule has 0 aliphatic heterocycles. The molecule has 0 aliphatic rings. The second-order valence-corrected chi connectivity index (χ2v) is 7.32. The lowest BCUT2D eigenvalue weighted by molar-refractivity contribution is 0.336. The van der Waals surface area contributed by atoms with Crippen LogP contribution in [0.3, 0.4) is 0 Å². The monoisotopic (exact) mass is 403 g/mol. The van der Waals surface area contributed by atoms with Gasteiger partial charge in [-0.15, -0.1) is 0 Å². The number of phenols is 1. The summed E-state index contributed by atoms with van der Waals surface area (Å²) in [5.74, 6) is 0.680. The van der Waals surface area contributed by atoms with Crippen molar-refractivity contribution in [2.24, 2.45) is 0 Å². The van der Waals surface area contributed by atoms with Crippen LogP contribution in [0.4, 0.5) is 0 Å². The van der Waals surface area contributed by atoms with Crippen LogP contribution in [0.5, 0.6) is 11.5 Å². The molecule has 13 heavy (non-hydrogen) atoms. The zero-order valence-corrected chi connectivity index (χ0v) is 10.6. The minimum Gasteiger partial charge on any atom is -0.508 e. The molecule has 1 radical (unpaired) electrons. The molecule has 0 aromatic heterocycles. The average Bonchev–Trinajstić information content (AvgIpc) is 2.09. The van der Waals surface area contributed by atoms with E-state index in [-0.39, 0.29) is 5.75 Å². The average molecular weight is 403 g/mol. The molecule has 1 aromatic carbocycles. The standard InChI is InChI=1S/C8H5I2O3/c9-8(10,5-11)13-7-3-1-6(12)2-4-7/h1-4,12H. The van der Waals surface area contributed by atoms with Gasteiger partial charge in [-0.2, -0.15) is 0 Å². The Bertz CT molecular complexity index is 295. The van der Waals surface area contributed by atoms with Crippen LogP contribution >= 0.6 is 45.2 Å². The summed E-state index contributed by atoms with van der Waals surface area (Å²) in [7, 11) is 0. The van der Waals surface area contributed by atoms with Gasteiger partial charge in [-0.05, 0) is 69.4 Å². The maximum Gasteiger partial charge on any atom is 0.274 e. The Morgan fingerprint density at radius 3 is 2.31 bits per heavy atom. The van der Waals surface area contributed by atoms with Crippen LogP contribution in [0.15, 0.2) is 24.3 Å². The molecule has 3 nitrogen and oxygen atoms in total. The number of hydrogen-bond acceptors (Lipinski definition) is 3. The summed E-state index contributed by atoms with van der Waals surface area (Å²) in [6.45, 7) is 0. The third-order valence-electron chi connectivity index (χ3n) is 1.20. The Morgan fingerprint density at radius 1 is 1.31 bits per heavy atom. The number of hydrogen-bond donors (Lipinski definition) is 1. The molecule has 0 saturated heterocycles. The molecule has 1 rings (SSSR count). The predicted molar refractivity (Wildman–Crippen MR) is 65.2 cm³/mol. The summed E-state index contributed by atoms with van der Waals surface area (Å²) < 4.78 is 4.24. The minimum absolute atomic E-state index is 0.162. The summed E-state index contributed by atoms with van der Waals surface area (Å²) in [5, 5.41) is 8.98. The first-order valence-electron chi connectivity index (χ1n) is 3.29. The molecule has 0 spiro atoms. The number of ether oxygens (including phenoxy) is 1. The van der Waals surface area contributed by atoms with Crippen molar-refractivity contribution in [1.82, 2.24) is 0 Å². The van der Waals surface area contributed by atoms with Gasteiger partial charge in [0.2, 0.25) is 0 Å². The van der Waals surface area contributed by atoms with Crippen molar-refractivity contribution in [2.75, 3.05) is 0 Å². The number of carbonyl (C=O) groups excluding carboxylic acids is 1. The normalized spacial score (nSPS) is 10.9. The number of phenolic OH excluding ortho intramolecular Hbond substituents is 1. The zero-order chi connectivity index (χ0) is 9.90. The topological polar surface area (TPSA) is 46.5 Å². The summed E-state index contributed by atoms with van der Waals surface area (Å²) in [5.41, 5.74) is 0. The second-order valence-electron chi connectivity index (χ2n) is 2.21. The minimum atomic E-state index is -1.01. The highest BCUT2D eigenvalue weighted by Gasteiger charge is 2.24. The van der Waals surface area contributed by atoms with Gasteiger partial charge in [-0.25, -0.2) is 0 Å². The quantitative estimate of drug-likeness (QED) is 0.623. The summed E-state index contributed by atoms with van der Waals surface area (Å²) >= 11 is 3.66. The maximum atomic E-state index is 10.4. The first kappa shape index (κ1) is 11.0. The lowest BCUT2D eigenvalue weighted by Gasteiger charge is -2.14. The molecule has 0 amide bonds. The van der Waals surface area contributed by atoms with E-state index in [1.807, 2.05) is 45.2 Å². The van der Waals surface area contributed by atoms with Gasteiger partial charge in [-0.3, -0.25) is 4.79 Å². The van der Waals surface area contributed by atoms with E-state index in [1.165, 1.54) is 12.1 Å². The summed E-state index contributed by atoms with van der Waals surface area (Å²) in [6.07, 6.45) is 1.74. The smallest absolute Gasteiger partial charge is 0.274 e. The fourth-order valence-electron chi connectivity index (χ4n) is 0.683. The Kier molecular flexibility index (Phi) is 3.77. The van der Waals surface area contributed by atoms with E-state index >= 15 is 0 Å². The number of alkyl halides is 2. The van der Waals surface area contributed by atoms with Gasteiger partial charge >= 0.3 is 0 Å². The van der Waals surface area contributed by atoms with Crippen molar-refractivity contribution in [3.63, 3.8) is 0 Å². The molecule has 1 aromatic rings. The number of benzene rings is 1. The highest BCUT2D eigenvalue weighted by molar-refractivity contribution is 14.2. The van der Waals surface area contributed by atoms with Crippen molar-refractivity contribution >= 4 is 51.5 Å². The summed E-state index contributed by atoms with van der Waals surface area (Å²) in [4.78, 5) is 10.4. The van der Waals surface area contributed by atoms with Crippen LogP contribution in [0.1, 0.15) is 0 Å². The highest BCUT2D eigenvalue weighted by Crippen LogP contribution is 2.29. The van der Waals surface area contributed by atoms with E-state index in [4.69, 9.17) is 9.84 Å². The third-order valence-corrected chi connectivity index (χ3v) is 2.08. The van der Waals surface area contributed by atoms with Crippen molar-refractivity contribution in [2.45, 2.75) is 1.61 Å². The van der Waals surface area contributed by atoms with Crippen LogP contribution in [0.25, 0.3) is 0 Å². The first-order valence-corrected chi connectivity index (χ1v) is 5.44. The van der Waals surface area contributed by atoms with Gasteiger partial charge in [-0.1, -0.05) is 0 Å². The van der Waals surface area contributed by atoms with Crippen molar-refractivity contribution in [1.29, 1.82) is 0 Å². The highest BCUT2D eigenvalue weighted by atomic mass is 127. The molecule has 5 heteroatoms. The van der Waals surface area contributed by atoms with Gasteiger partial charge in [0.25, 0.3) is 7.90 Å².